The van der Waals surface area contributed by atoms with Crippen LogP contribution in [-0.4, -0.2) is 24.3 Å². The first kappa shape index (κ1) is 10.2. The van der Waals surface area contributed by atoms with Crippen LogP contribution in [0.1, 0.15) is 30.4 Å². The molecule has 0 unspecified atom stereocenters. The first-order valence-electron chi connectivity index (χ1n) is 6.22. The molecule has 2 aliphatic rings. The number of aliphatic hydroxyl groups is 1. The SMILES string of the molecule is CN1CCCc2c(CC3(O)CC3)cccc21. The summed E-state index contributed by atoms with van der Waals surface area (Å²) < 4.78 is 0. The minimum Gasteiger partial charge on any atom is -0.390 e. The van der Waals surface area contributed by atoms with Crippen molar-refractivity contribution in [3.05, 3.63) is 29.3 Å². The third kappa shape index (κ3) is 1.71. The molecular weight excluding hydrogens is 198 g/mol. The predicted octanol–water partition coefficient (Wildman–Crippen LogP) is 2.14. The Hall–Kier alpha value is -1.02. The zero-order valence-electron chi connectivity index (χ0n) is 9.87. The molecule has 3 rings (SSSR count). The molecule has 1 heterocycles. The quantitative estimate of drug-likeness (QED) is 0.820. The van der Waals surface area contributed by atoms with E-state index in [9.17, 15) is 5.11 Å². The van der Waals surface area contributed by atoms with E-state index >= 15 is 0 Å². The summed E-state index contributed by atoms with van der Waals surface area (Å²) in [5, 5.41) is 10.0. The summed E-state index contributed by atoms with van der Waals surface area (Å²) in [6.07, 6.45) is 5.22. The molecule has 0 atom stereocenters. The molecule has 0 aromatic heterocycles. The van der Waals surface area contributed by atoms with E-state index in [1.165, 1.54) is 29.7 Å². The number of rotatable bonds is 2. The van der Waals surface area contributed by atoms with Crippen molar-refractivity contribution in [2.45, 2.75) is 37.7 Å². The summed E-state index contributed by atoms with van der Waals surface area (Å²) in [5.74, 6) is 0. The van der Waals surface area contributed by atoms with Gasteiger partial charge in [0.25, 0.3) is 0 Å². The Morgan fingerprint density at radius 1 is 1.38 bits per heavy atom. The molecule has 1 aliphatic carbocycles. The third-order valence-electron chi connectivity index (χ3n) is 3.93. The molecule has 86 valence electrons. The summed E-state index contributed by atoms with van der Waals surface area (Å²) in [6.45, 7) is 1.15. The highest BCUT2D eigenvalue weighted by molar-refractivity contribution is 5.58. The molecule has 0 saturated heterocycles. The normalized spacial score (nSPS) is 21.8. The highest BCUT2D eigenvalue weighted by atomic mass is 16.3. The maximum absolute atomic E-state index is 10.0. The minimum absolute atomic E-state index is 0.370. The van der Waals surface area contributed by atoms with Gasteiger partial charge >= 0.3 is 0 Å². The van der Waals surface area contributed by atoms with E-state index < -0.39 is 0 Å². The van der Waals surface area contributed by atoms with Crippen molar-refractivity contribution in [3.8, 4) is 0 Å². The van der Waals surface area contributed by atoms with Crippen molar-refractivity contribution < 1.29 is 5.11 Å². The second kappa shape index (κ2) is 3.49. The molecule has 1 fully saturated rings. The fourth-order valence-corrected chi connectivity index (χ4v) is 2.72. The van der Waals surface area contributed by atoms with Gasteiger partial charge < -0.3 is 10.0 Å². The number of nitrogens with zero attached hydrogens (tertiary/aromatic N) is 1. The molecule has 1 aliphatic heterocycles. The van der Waals surface area contributed by atoms with Crippen LogP contribution in [0.3, 0.4) is 0 Å². The van der Waals surface area contributed by atoms with E-state index in [4.69, 9.17) is 0 Å². The van der Waals surface area contributed by atoms with Gasteiger partial charge in [-0.15, -0.1) is 0 Å². The van der Waals surface area contributed by atoms with Gasteiger partial charge in [-0.25, -0.2) is 0 Å². The van der Waals surface area contributed by atoms with Crippen LogP contribution < -0.4 is 4.90 Å². The number of hydrogen-bond acceptors (Lipinski definition) is 2. The van der Waals surface area contributed by atoms with Crippen LogP contribution in [-0.2, 0) is 12.8 Å². The average molecular weight is 217 g/mol. The summed E-state index contributed by atoms with van der Waals surface area (Å²) >= 11 is 0. The van der Waals surface area contributed by atoms with E-state index in [1.54, 1.807) is 0 Å². The predicted molar refractivity (Wildman–Crippen MR) is 65.9 cm³/mol. The van der Waals surface area contributed by atoms with Crippen LogP contribution in [0.2, 0.25) is 0 Å². The Morgan fingerprint density at radius 2 is 2.19 bits per heavy atom. The van der Waals surface area contributed by atoms with Crippen LogP contribution in [0.4, 0.5) is 5.69 Å². The van der Waals surface area contributed by atoms with Gasteiger partial charge in [0.15, 0.2) is 0 Å². The van der Waals surface area contributed by atoms with Crippen molar-refractivity contribution in [1.82, 2.24) is 0 Å². The minimum atomic E-state index is -0.370. The molecule has 16 heavy (non-hydrogen) atoms. The van der Waals surface area contributed by atoms with E-state index in [1.807, 2.05) is 0 Å². The number of benzene rings is 1. The van der Waals surface area contributed by atoms with Crippen molar-refractivity contribution in [3.63, 3.8) is 0 Å². The monoisotopic (exact) mass is 217 g/mol. The van der Waals surface area contributed by atoms with E-state index in [2.05, 4.69) is 30.1 Å². The van der Waals surface area contributed by atoms with Gasteiger partial charge in [0.05, 0.1) is 5.60 Å². The smallest absolute Gasteiger partial charge is 0.0690 e. The van der Waals surface area contributed by atoms with Gasteiger partial charge in [-0.05, 0) is 42.9 Å². The van der Waals surface area contributed by atoms with E-state index in [0.29, 0.717) is 0 Å². The van der Waals surface area contributed by atoms with Crippen LogP contribution in [0.25, 0.3) is 0 Å². The summed E-state index contributed by atoms with van der Waals surface area (Å²) in [7, 11) is 2.16. The van der Waals surface area contributed by atoms with Crippen molar-refractivity contribution in [1.29, 1.82) is 0 Å². The summed E-state index contributed by atoms with van der Waals surface area (Å²) in [5.41, 5.74) is 3.83. The van der Waals surface area contributed by atoms with Gasteiger partial charge in [0, 0.05) is 25.7 Å². The largest absolute Gasteiger partial charge is 0.390 e. The van der Waals surface area contributed by atoms with Gasteiger partial charge in [-0.1, -0.05) is 12.1 Å². The Labute approximate surface area is 96.9 Å². The number of anilines is 1. The van der Waals surface area contributed by atoms with Crippen molar-refractivity contribution in [2.24, 2.45) is 0 Å². The fourth-order valence-electron chi connectivity index (χ4n) is 2.72. The van der Waals surface area contributed by atoms with Gasteiger partial charge in [-0.3, -0.25) is 0 Å². The average Bonchev–Trinajstić information content (AvgIpc) is 2.98. The third-order valence-corrected chi connectivity index (χ3v) is 3.93. The number of hydrogen-bond donors (Lipinski definition) is 1. The fraction of sp³-hybridized carbons (Fsp3) is 0.571. The lowest BCUT2D eigenvalue weighted by molar-refractivity contribution is 0.150. The molecule has 0 bridgehead atoms. The molecule has 2 nitrogen and oxygen atoms in total. The van der Waals surface area contributed by atoms with E-state index in [0.717, 1.165) is 25.8 Å². The van der Waals surface area contributed by atoms with Gasteiger partial charge in [-0.2, -0.15) is 0 Å². The topological polar surface area (TPSA) is 23.5 Å². The lowest BCUT2D eigenvalue weighted by Gasteiger charge is -2.29. The second-order valence-electron chi connectivity index (χ2n) is 5.34. The summed E-state index contributed by atoms with van der Waals surface area (Å²) in [4.78, 5) is 2.33. The molecule has 0 amide bonds. The maximum atomic E-state index is 10.0. The molecule has 1 aromatic rings. The Kier molecular flexibility index (Phi) is 2.21. The molecular formula is C14H19NO. The van der Waals surface area contributed by atoms with Crippen molar-refractivity contribution in [2.75, 3.05) is 18.5 Å². The molecule has 2 heteroatoms. The lowest BCUT2D eigenvalue weighted by Crippen LogP contribution is -2.26. The molecule has 0 spiro atoms. The first-order valence-corrected chi connectivity index (χ1v) is 6.22. The summed E-state index contributed by atoms with van der Waals surface area (Å²) in [6, 6.07) is 6.52. The van der Waals surface area contributed by atoms with Crippen LogP contribution >= 0.6 is 0 Å². The zero-order valence-corrected chi connectivity index (χ0v) is 9.87. The van der Waals surface area contributed by atoms with Crippen molar-refractivity contribution >= 4 is 5.69 Å². The zero-order chi connectivity index (χ0) is 11.2. The molecule has 1 N–H and O–H groups in total. The standard InChI is InChI=1S/C14H19NO/c1-15-9-3-5-12-11(4-2-6-13(12)15)10-14(16)7-8-14/h2,4,6,16H,3,5,7-10H2,1H3. The van der Waals surface area contributed by atoms with Crippen LogP contribution in [0.5, 0.6) is 0 Å². The first-order chi connectivity index (χ1) is 7.68. The highest BCUT2D eigenvalue weighted by Gasteiger charge is 2.40. The molecule has 0 radical (unpaired) electrons. The Bertz CT molecular complexity index is 409. The van der Waals surface area contributed by atoms with Crippen LogP contribution in [0.15, 0.2) is 18.2 Å². The Morgan fingerprint density at radius 3 is 2.94 bits per heavy atom. The highest BCUT2D eigenvalue weighted by Crippen LogP contribution is 2.40. The van der Waals surface area contributed by atoms with E-state index in [-0.39, 0.29) is 5.60 Å². The van der Waals surface area contributed by atoms with Crippen LogP contribution in [0, 0.1) is 0 Å². The molecule has 1 saturated carbocycles. The van der Waals surface area contributed by atoms with Gasteiger partial charge in [0.2, 0.25) is 0 Å². The Balaban J connectivity index is 1.95. The van der Waals surface area contributed by atoms with Gasteiger partial charge in [0.1, 0.15) is 0 Å². The number of fused-ring (bicyclic) bond motifs is 1. The second-order valence-corrected chi connectivity index (χ2v) is 5.34. The lowest BCUT2D eigenvalue weighted by atomic mass is 9.93. The maximum Gasteiger partial charge on any atom is 0.0690 e. The molecule has 1 aromatic carbocycles.